The van der Waals surface area contributed by atoms with Crippen molar-refractivity contribution in [1.82, 2.24) is 14.5 Å². The second kappa shape index (κ2) is 7.10. The van der Waals surface area contributed by atoms with Crippen LogP contribution in [0.15, 0.2) is 41.2 Å². The van der Waals surface area contributed by atoms with Crippen LogP contribution in [0.5, 0.6) is 0 Å². The van der Waals surface area contributed by atoms with E-state index >= 15 is 0 Å². The van der Waals surface area contributed by atoms with E-state index in [4.69, 9.17) is 10.5 Å². The number of fused-ring (bicyclic) bond motifs is 2. The van der Waals surface area contributed by atoms with Gasteiger partial charge in [-0.2, -0.15) is 13.2 Å². The molecule has 7 nitrogen and oxygen atoms in total. The van der Waals surface area contributed by atoms with E-state index < -0.39 is 23.5 Å². The SMILES string of the molecule is CCOC(=O)c1ccc2nc(-n3c(C(F)(F)F)nc4ccc(N)cc4c3=O)sc2c1. The number of hydrogen-bond acceptors (Lipinski definition) is 7. The van der Waals surface area contributed by atoms with Gasteiger partial charge in [0, 0.05) is 5.69 Å². The lowest BCUT2D eigenvalue weighted by molar-refractivity contribution is -0.146. The van der Waals surface area contributed by atoms with Crippen LogP contribution in [-0.4, -0.2) is 27.1 Å². The predicted molar refractivity (Wildman–Crippen MR) is 106 cm³/mol. The number of thiazole rings is 1. The van der Waals surface area contributed by atoms with Crippen LogP contribution in [0.25, 0.3) is 26.3 Å². The second-order valence-electron chi connectivity index (χ2n) is 6.25. The fourth-order valence-electron chi connectivity index (χ4n) is 2.92. The Labute approximate surface area is 170 Å². The Bertz CT molecular complexity index is 1360. The van der Waals surface area contributed by atoms with Crippen molar-refractivity contribution in [1.29, 1.82) is 0 Å². The molecule has 2 N–H and O–H groups in total. The molecule has 0 saturated heterocycles. The normalized spacial score (nSPS) is 11.9. The van der Waals surface area contributed by atoms with Gasteiger partial charge in [0.1, 0.15) is 0 Å². The van der Waals surface area contributed by atoms with Crippen LogP contribution >= 0.6 is 11.3 Å². The minimum atomic E-state index is -4.90. The maximum absolute atomic E-state index is 13.7. The van der Waals surface area contributed by atoms with Crippen LogP contribution in [0, 0.1) is 0 Å². The second-order valence-corrected chi connectivity index (χ2v) is 7.26. The molecule has 0 amide bonds. The number of nitrogens with two attached hydrogens (primary N) is 1. The van der Waals surface area contributed by atoms with E-state index in [1.54, 1.807) is 6.92 Å². The van der Waals surface area contributed by atoms with E-state index in [0.717, 1.165) is 11.3 Å². The fraction of sp³-hybridized carbons (Fsp3) is 0.158. The Kier molecular flexibility index (Phi) is 4.69. The number of benzene rings is 2. The predicted octanol–water partition coefficient (Wildman–Crippen LogP) is 3.77. The molecule has 0 aliphatic carbocycles. The average molecular weight is 434 g/mol. The minimum absolute atomic E-state index is 0.0607. The van der Waals surface area contributed by atoms with Crippen LogP contribution in [-0.2, 0) is 10.9 Å². The number of aromatic nitrogens is 3. The Morgan fingerprint density at radius 1 is 1.17 bits per heavy atom. The van der Waals surface area contributed by atoms with Crippen molar-refractivity contribution in [3.63, 3.8) is 0 Å². The molecule has 11 heteroatoms. The number of ether oxygens (including phenoxy) is 1. The molecule has 0 aliphatic rings. The minimum Gasteiger partial charge on any atom is -0.462 e. The summed E-state index contributed by atoms with van der Waals surface area (Å²) in [6.07, 6.45) is -4.90. The first-order valence-electron chi connectivity index (χ1n) is 8.66. The zero-order valence-corrected chi connectivity index (χ0v) is 16.2. The highest BCUT2D eigenvalue weighted by atomic mass is 32.1. The number of nitrogens with zero attached hydrogens (tertiary/aromatic N) is 3. The number of hydrogen-bond donors (Lipinski definition) is 1. The first-order chi connectivity index (χ1) is 14.2. The Morgan fingerprint density at radius 2 is 1.90 bits per heavy atom. The molecular formula is C19H13F3N4O3S. The van der Waals surface area contributed by atoms with Gasteiger partial charge in [0.25, 0.3) is 5.56 Å². The van der Waals surface area contributed by atoms with Gasteiger partial charge in [-0.1, -0.05) is 11.3 Å². The molecule has 2 aromatic carbocycles. The van der Waals surface area contributed by atoms with Gasteiger partial charge in [-0.05, 0) is 43.3 Å². The van der Waals surface area contributed by atoms with Gasteiger partial charge in [0.05, 0.1) is 33.3 Å². The molecule has 0 aliphatic heterocycles. The Balaban J connectivity index is 1.98. The van der Waals surface area contributed by atoms with E-state index in [9.17, 15) is 22.8 Å². The largest absolute Gasteiger partial charge is 0.462 e. The van der Waals surface area contributed by atoms with Gasteiger partial charge >= 0.3 is 12.1 Å². The third-order valence-electron chi connectivity index (χ3n) is 4.23. The summed E-state index contributed by atoms with van der Waals surface area (Å²) in [4.78, 5) is 32.7. The van der Waals surface area contributed by atoms with E-state index in [-0.39, 0.29) is 33.9 Å². The van der Waals surface area contributed by atoms with Gasteiger partial charge in [-0.3, -0.25) is 4.79 Å². The molecule has 0 radical (unpaired) electrons. The van der Waals surface area contributed by atoms with Gasteiger partial charge in [-0.15, -0.1) is 0 Å². The van der Waals surface area contributed by atoms with Crippen LogP contribution in [0.4, 0.5) is 18.9 Å². The summed E-state index contributed by atoms with van der Waals surface area (Å²) in [5.41, 5.74) is 5.40. The summed E-state index contributed by atoms with van der Waals surface area (Å²) < 4.78 is 46.9. The molecule has 2 aromatic heterocycles. The number of rotatable bonds is 3. The monoisotopic (exact) mass is 434 g/mol. The van der Waals surface area contributed by atoms with Crippen LogP contribution < -0.4 is 11.3 Å². The van der Waals surface area contributed by atoms with Crippen molar-refractivity contribution < 1.29 is 22.7 Å². The molecular weight excluding hydrogens is 421 g/mol. The zero-order chi connectivity index (χ0) is 21.6. The molecule has 30 heavy (non-hydrogen) atoms. The first-order valence-corrected chi connectivity index (χ1v) is 9.48. The number of esters is 1. The molecule has 0 fully saturated rings. The maximum Gasteiger partial charge on any atom is 0.450 e. The van der Waals surface area contributed by atoms with Crippen molar-refractivity contribution in [2.24, 2.45) is 0 Å². The number of carbonyl (C=O) groups is 1. The number of nitrogen functional groups attached to an aromatic ring is 1. The topological polar surface area (TPSA) is 100 Å². The summed E-state index contributed by atoms with van der Waals surface area (Å²) in [5, 5.41) is -0.283. The van der Waals surface area contributed by atoms with E-state index in [2.05, 4.69) is 9.97 Å². The molecule has 0 bridgehead atoms. The third-order valence-corrected chi connectivity index (χ3v) is 5.23. The van der Waals surface area contributed by atoms with Crippen molar-refractivity contribution in [3.8, 4) is 5.13 Å². The first kappa shape index (κ1) is 19.8. The van der Waals surface area contributed by atoms with Crippen LogP contribution in [0.2, 0.25) is 0 Å². The van der Waals surface area contributed by atoms with Gasteiger partial charge in [-0.25, -0.2) is 19.3 Å². The third kappa shape index (κ3) is 3.36. The van der Waals surface area contributed by atoms with Gasteiger partial charge < -0.3 is 10.5 Å². The van der Waals surface area contributed by atoms with E-state index in [1.165, 1.54) is 36.4 Å². The maximum atomic E-state index is 13.7. The lowest BCUT2D eigenvalue weighted by atomic mass is 10.2. The summed E-state index contributed by atoms with van der Waals surface area (Å²) >= 11 is 0.830. The molecule has 2 heterocycles. The van der Waals surface area contributed by atoms with Gasteiger partial charge in [0.15, 0.2) is 5.13 Å². The lowest BCUT2D eigenvalue weighted by Crippen LogP contribution is -2.28. The van der Waals surface area contributed by atoms with Crippen LogP contribution in [0.1, 0.15) is 23.1 Å². The smallest absolute Gasteiger partial charge is 0.450 e. The highest BCUT2D eigenvalue weighted by Crippen LogP contribution is 2.33. The lowest BCUT2D eigenvalue weighted by Gasteiger charge is -2.13. The standard InChI is InChI=1S/C19H13F3N4O3S/c1-2-29-16(28)9-3-5-13-14(7-9)30-18(25-13)26-15(27)11-8-10(23)4-6-12(11)24-17(26)19(20,21)22/h3-8H,2,23H2,1H3. The summed E-state index contributed by atoms with van der Waals surface area (Å²) in [6, 6.07) is 8.29. The Hall–Kier alpha value is -3.47. The van der Waals surface area contributed by atoms with Crippen molar-refractivity contribution in [2.45, 2.75) is 13.1 Å². The summed E-state index contributed by atoms with van der Waals surface area (Å²) in [5.74, 6) is -1.96. The number of anilines is 1. The fourth-order valence-corrected chi connectivity index (χ4v) is 3.93. The molecule has 0 spiro atoms. The number of halogens is 3. The molecule has 4 aromatic rings. The number of alkyl halides is 3. The van der Waals surface area contributed by atoms with Crippen molar-refractivity contribution >= 4 is 44.1 Å². The quantitative estimate of drug-likeness (QED) is 0.389. The summed E-state index contributed by atoms with van der Waals surface area (Å²) in [6.45, 7) is 1.84. The molecule has 154 valence electrons. The van der Waals surface area contributed by atoms with Crippen molar-refractivity contribution in [2.75, 3.05) is 12.3 Å². The molecule has 0 atom stereocenters. The summed E-state index contributed by atoms with van der Waals surface area (Å²) in [7, 11) is 0. The van der Waals surface area contributed by atoms with E-state index in [1.807, 2.05) is 0 Å². The zero-order valence-electron chi connectivity index (χ0n) is 15.4. The average Bonchev–Trinajstić information content (AvgIpc) is 3.10. The molecule has 4 rings (SSSR count). The van der Waals surface area contributed by atoms with Gasteiger partial charge in [0.2, 0.25) is 5.82 Å². The highest BCUT2D eigenvalue weighted by Gasteiger charge is 2.38. The molecule has 0 unspecified atom stereocenters. The van der Waals surface area contributed by atoms with E-state index in [0.29, 0.717) is 14.8 Å². The number of carbonyl (C=O) groups excluding carboxylic acids is 1. The molecule has 0 saturated carbocycles. The Morgan fingerprint density at radius 3 is 2.60 bits per heavy atom. The van der Waals surface area contributed by atoms with Crippen LogP contribution in [0.3, 0.4) is 0 Å². The van der Waals surface area contributed by atoms with Crippen molar-refractivity contribution in [3.05, 3.63) is 58.1 Å². The highest BCUT2D eigenvalue weighted by molar-refractivity contribution is 7.20.